The van der Waals surface area contributed by atoms with E-state index in [0.717, 1.165) is 14.4 Å². The van der Waals surface area contributed by atoms with Crippen molar-refractivity contribution in [1.82, 2.24) is 4.98 Å². The Morgan fingerprint density at radius 1 is 1.57 bits per heavy atom. The summed E-state index contributed by atoms with van der Waals surface area (Å²) in [6, 6.07) is 3.96. The first-order valence-electron chi connectivity index (χ1n) is 4.02. The molecule has 0 saturated carbocycles. The number of hydrogen-bond acceptors (Lipinski definition) is 3. The van der Waals surface area contributed by atoms with Gasteiger partial charge < -0.3 is 4.42 Å². The van der Waals surface area contributed by atoms with E-state index >= 15 is 0 Å². The molecule has 0 aromatic carbocycles. The highest BCUT2D eigenvalue weighted by molar-refractivity contribution is 9.11. The standard InChI is InChI=1S/C9H7BrClNOS/c1-5(11)9-12-4-6(13-9)7-2-3-8(10)14-7/h2-5H,1H3. The summed E-state index contributed by atoms with van der Waals surface area (Å²) in [5, 5.41) is -0.188. The van der Waals surface area contributed by atoms with Crippen LogP contribution in [0, 0.1) is 0 Å². The van der Waals surface area contributed by atoms with E-state index < -0.39 is 0 Å². The molecule has 2 aromatic heterocycles. The van der Waals surface area contributed by atoms with Crippen LogP contribution in [0.2, 0.25) is 0 Å². The number of hydrogen-bond donors (Lipinski definition) is 0. The molecule has 0 spiro atoms. The quantitative estimate of drug-likeness (QED) is 0.764. The largest absolute Gasteiger partial charge is 0.438 e. The zero-order chi connectivity index (χ0) is 10.1. The molecule has 0 fully saturated rings. The highest BCUT2D eigenvalue weighted by Crippen LogP contribution is 2.33. The molecular weight excluding hydrogens is 286 g/mol. The van der Waals surface area contributed by atoms with Gasteiger partial charge in [0, 0.05) is 0 Å². The maximum atomic E-state index is 5.85. The van der Waals surface area contributed by atoms with Gasteiger partial charge in [-0.3, -0.25) is 0 Å². The summed E-state index contributed by atoms with van der Waals surface area (Å²) in [4.78, 5) is 5.14. The Balaban J connectivity index is 2.33. The molecular formula is C9H7BrClNOS. The molecule has 2 rings (SSSR count). The second kappa shape index (κ2) is 4.04. The maximum Gasteiger partial charge on any atom is 0.212 e. The van der Waals surface area contributed by atoms with Crippen LogP contribution in [-0.2, 0) is 0 Å². The first-order valence-corrected chi connectivity index (χ1v) is 6.07. The van der Waals surface area contributed by atoms with Crippen molar-refractivity contribution in [2.75, 3.05) is 0 Å². The Bertz CT molecular complexity index is 437. The van der Waals surface area contributed by atoms with E-state index in [9.17, 15) is 0 Å². The lowest BCUT2D eigenvalue weighted by atomic mass is 10.4. The van der Waals surface area contributed by atoms with Crippen LogP contribution in [0.4, 0.5) is 0 Å². The summed E-state index contributed by atoms with van der Waals surface area (Å²) in [7, 11) is 0. The minimum atomic E-state index is -0.188. The van der Waals surface area contributed by atoms with Crippen molar-refractivity contribution in [1.29, 1.82) is 0 Å². The topological polar surface area (TPSA) is 26.0 Å². The normalized spacial score (nSPS) is 13.1. The van der Waals surface area contributed by atoms with Crippen LogP contribution in [0.1, 0.15) is 18.2 Å². The third-order valence-electron chi connectivity index (χ3n) is 1.68. The molecule has 0 aliphatic rings. The molecule has 2 aromatic rings. The molecule has 0 N–H and O–H groups in total. The summed E-state index contributed by atoms with van der Waals surface area (Å²) < 4.78 is 6.56. The van der Waals surface area contributed by atoms with Crippen molar-refractivity contribution in [2.45, 2.75) is 12.3 Å². The fourth-order valence-corrected chi connectivity index (χ4v) is 2.47. The molecule has 74 valence electrons. The van der Waals surface area contributed by atoms with Crippen molar-refractivity contribution in [3.63, 3.8) is 0 Å². The van der Waals surface area contributed by atoms with Gasteiger partial charge >= 0.3 is 0 Å². The zero-order valence-electron chi connectivity index (χ0n) is 7.33. The molecule has 1 unspecified atom stereocenters. The molecule has 2 nitrogen and oxygen atoms in total. The fourth-order valence-electron chi connectivity index (χ4n) is 1.03. The van der Waals surface area contributed by atoms with Gasteiger partial charge in [0.15, 0.2) is 5.76 Å². The van der Waals surface area contributed by atoms with E-state index in [1.165, 1.54) is 0 Å². The predicted molar refractivity (Wildman–Crippen MR) is 61.8 cm³/mol. The lowest BCUT2D eigenvalue weighted by Crippen LogP contribution is -1.80. The molecule has 0 radical (unpaired) electrons. The number of alkyl halides is 1. The van der Waals surface area contributed by atoms with Gasteiger partial charge in [0.25, 0.3) is 0 Å². The zero-order valence-corrected chi connectivity index (χ0v) is 10.5. The number of halogens is 2. The van der Waals surface area contributed by atoms with Gasteiger partial charge in [0.1, 0.15) is 5.38 Å². The number of thiophene rings is 1. The van der Waals surface area contributed by atoms with E-state index in [4.69, 9.17) is 16.0 Å². The molecule has 0 bridgehead atoms. The molecule has 14 heavy (non-hydrogen) atoms. The van der Waals surface area contributed by atoms with Crippen molar-refractivity contribution in [3.8, 4) is 10.6 Å². The molecule has 0 aliphatic carbocycles. The van der Waals surface area contributed by atoms with Gasteiger partial charge in [-0.1, -0.05) is 0 Å². The summed E-state index contributed by atoms with van der Waals surface area (Å²) >= 11 is 10.8. The summed E-state index contributed by atoms with van der Waals surface area (Å²) in [5.41, 5.74) is 0. The minimum Gasteiger partial charge on any atom is -0.438 e. The van der Waals surface area contributed by atoms with E-state index in [-0.39, 0.29) is 5.38 Å². The number of oxazole rings is 1. The summed E-state index contributed by atoms with van der Waals surface area (Å²) in [6.07, 6.45) is 1.70. The van der Waals surface area contributed by atoms with Gasteiger partial charge in [0.2, 0.25) is 5.89 Å². The third kappa shape index (κ3) is 2.02. The van der Waals surface area contributed by atoms with Gasteiger partial charge in [-0.25, -0.2) is 4.98 Å². The molecule has 0 amide bonds. The van der Waals surface area contributed by atoms with Crippen LogP contribution >= 0.6 is 38.9 Å². The van der Waals surface area contributed by atoms with E-state index in [0.29, 0.717) is 5.89 Å². The Kier molecular flexibility index (Phi) is 2.95. The molecule has 0 aliphatic heterocycles. The highest BCUT2D eigenvalue weighted by atomic mass is 79.9. The van der Waals surface area contributed by atoms with Crippen LogP contribution in [0.3, 0.4) is 0 Å². The lowest BCUT2D eigenvalue weighted by molar-refractivity contribution is 0.509. The summed E-state index contributed by atoms with van der Waals surface area (Å²) in [6.45, 7) is 1.83. The van der Waals surface area contributed by atoms with Gasteiger partial charge in [0.05, 0.1) is 14.9 Å². The Labute approximate surface area is 99.0 Å². The molecule has 2 heterocycles. The minimum absolute atomic E-state index is 0.188. The monoisotopic (exact) mass is 291 g/mol. The van der Waals surface area contributed by atoms with Gasteiger partial charge in [-0.05, 0) is 35.0 Å². The Morgan fingerprint density at radius 2 is 2.36 bits per heavy atom. The van der Waals surface area contributed by atoms with Gasteiger partial charge in [-0.15, -0.1) is 22.9 Å². The van der Waals surface area contributed by atoms with Crippen molar-refractivity contribution >= 4 is 38.9 Å². The van der Waals surface area contributed by atoms with Crippen molar-refractivity contribution in [2.24, 2.45) is 0 Å². The number of rotatable bonds is 2. The Hall–Kier alpha value is -0.320. The number of nitrogens with zero attached hydrogens (tertiary/aromatic N) is 1. The highest BCUT2D eigenvalue weighted by Gasteiger charge is 2.11. The SMILES string of the molecule is CC(Cl)c1ncc(-c2ccc(Br)s2)o1. The Morgan fingerprint density at radius 3 is 2.86 bits per heavy atom. The third-order valence-corrected chi connectivity index (χ3v) is 3.50. The van der Waals surface area contributed by atoms with Crippen LogP contribution in [0.5, 0.6) is 0 Å². The van der Waals surface area contributed by atoms with Crippen molar-refractivity contribution < 1.29 is 4.42 Å². The second-order valence-electron chi connectivity index (χ2n) is 2.78. The van der Waals surface area contributed by atoms with Crippen molar-refractivity contribution in [3.05, 3.63) is 28.0 Å². The maximum absolute atomic E-state index is 5.85. The lowest BCUT2D eigenvalue weighted by Gasteiger charge is -1.93. The van der Waals surface area contributed by atoms with Crippen LogP contribution < -0.4 is 0 Å². The van der Waals surface area contributed by atoms with Gasteiger partial charge in [-0.2, -0.15) is 0 Å². The smallest absolute Gasteiger partial charge is 0.212 e. The van der Waals surface area contributed by atoms with E-state index in [2.05, 4.69) is 20.9 Å². The fraction of sp³-hybridized carbons (Fsp3) is 0.222. The van der Waals surface area contributed by atoms with Crippen LogP contribution in [-0.4, -0.2) is 4.98 Å². The number of aromatic nitrogens is 1. The summed E-state index contributed by atoms with van der Waals surface area (Å²) in [5.74, 6) is 1.33. The molecule has 1 atom stereocenters. The first kappa shape index (κ1) is 10.2. The molecule has 5 heteroatoms. The van der Waals surface area contributed by atoms with E-state index in [1.54, 1.807) is 17.5 Å². The molecule has 0 saturated heterocycles. The van der Waals surface area contributed by atoms with Crippen LogP contribution in [0.25, 0.3) is 10.6 Å². The second-order valence-corrected chi connectivity index (χ2v) is 5.90. The average molecular weight is 293 g/mol. The average Bonchev–Trinajstić information content (AvgIpc) is 2.70. The van der Waals surface area contributed by atoms with Crippen LogP contribution in [0.15, 0.2) is 26.5 Å². The predicted octanol–water partition coefficient (Wildman–Crippen LogP) is 4.47. The van der Waals surface area contributed by atoms with E-state index in [1.807, 2.05) is 19.1 Å². The first-order chi connectivity index (χ1) is 6.66.